The Morgan fingerprint density at radius 2 is 0.938 bits per heavy atom. The van der Waals surface area contributed by atoms with E-state index < -0.39 is 48.6 Å². The molecule has 0 amide bonds. The van der Waals surface area contributed by atoms with E-state index in [1.54, 1.807) is 0 Å². The lowest BCUT2D eigenvalue weighted by Crippen LogP contribution is -2.37. The van der Waals surface area contributed by atoms with Crippen molar-refractivity contribution < 1.29 is 39.6 Å². The molecule has 0 aliphatic rings. The standard InChI is InChI=1S/C6H9F6O3Si/c7-1-4(10)13-16(14-5(11)2-8)15-6(12)3-9/h4-6H,1-3H2. The maximum absolute atomic E-state index is 12.3. The van der Waals surface area contributed by atoms with Gasteiger partial charge in [0.25, 0.3) is 0 Å². The second-order valence-corrected chi connectivity index (χ2v) is 3.50. The van der Waals surface area contributed by atoms with E-state index in [9.17, 15) is 26.3 Å². The Balaban J connectivity index is 4.15. The van der Waals surface area contributed by atoms with Gasteiger partial charge in [-0.05, 0) is 0 Å². The van der Waals surface area contributed by atoms with E-state index in [4.69, 9.17) is 0 Å². The third kappa shape index (κ3) is 7.03. The van der Waals surface area contributed by atoms with Crippen molar-refractivity contribution in [2.24, 2.45) is 0 Å². The van der Waals surface area contributed by atoms with Crippen LogP contribution in [0.15, 0.2) is 0 Å². The average molecular weight is 271 g/mol. The molecule has 16 heavy (non-hydrogen) atoms. The maximum atomic E-state index is 12.3. The molecule has 0 aromatic carbocycles. The molecule has 0 aliphatic carbocycles. The Morgan fingerprint density at radius 3 is 1.12 bits per heavy atom. The van der Waals surface area contributed by atoms with Crippen molar-refractivity contribution in [3.63, 3.8) is 0 Å². The molecular weight excluding hydrogens is 262 g/mol. The van der Waals surface area contributed by atoms with Crippen molar-refractivity contribution in [2.75, 3.05) is 20.0 Å². The molecule has 0 saturated carbocycles. The van der Waals surface area contributed by atoms with Crippen LogP contribution in [0.5, 0.6) is 0 Å². The summed E-state index contributed by atoms with van der Waals surface area (Å²) in [5, 5.41) is 0. The van der Waals surface area contributed by atoms with Gasteiger partial charge in [-0.3, -0.25) is 0 Å². The van der Waals surface area contributed by atoms with Crippen LogP contribution in [-0.4, -0.2) is 48.6 Å². The largest absolute Gasteiger partial charge is 0.584 e. The van der Waals surface area contributed by atoms with E-state index in [0.29, 0.717) is 0 Å². The molecule has 97 valence electrons. The third-order valence-electron chi connectivity index (χ3n) is 1.04. The smallest absolute Gasteiger partial charge is 0.338 e. The molecule has 10 heteroatoms. The first-order valence-electron chi connectivity index (χ1n) is 4.00. The number of hydrogen-bond acceptors (Lipinski definition) is 3. The summed E-state index contributed by atoms with van der Waals surface area (Å²) in [5.41, 5.74) is 0. The van der Waals surface area contributed by atoms with Gasteiger partial charge in [-0.15, -0.1) is 0 Å². The second-order valence-electron chi connectivity index (χ2n) is 2.30. The van der Waals surface area contributed by atoms with Crippen molar-refractivity contribution in [1.82, 2.24) is 0 Å². The van der Waals surface area contributed by atoms with E-state index in [-0.39, 0.29) is 0 Å². The Labute approximate surface area is 89.2 Å². The summed E-state index contributed by atoms with van der Waals surface area (Å²) in [6.07, 6.45) is -7.60. The van der Waals surface area contributed by atoms with E-state index in [1.807, 2.05) is 0 Å². The minimum atomic E-state index is -3.42. The highest BCUT2D eigenvalue weighted by atomic mass is 28.3. The highest BCUT2D eigenvalue weighted by molar-refractivity contribution is 6.36. The fourth-order valence-corrected chi connectivity index (χ4v) is 1.47. The van der Waals surface area contributed by atoms with Gasteiger partial charge in [0, 0.05) is 0 Å². The SMILES string of the molecule is FCC(F)O[Si](OC(F)CF)OC(F)CF. The van der Waals surface area contributed by atoms with Gasteiger partial charge in [-0.2, -0.15) is 0 Å². The summed E-state index contributed by atoms with van der Waals surface area (Å²) in [5.74, 6) is 0. The van der Waals surface area contributed by atoms with Crippen molar-refractivity contribution in [3.8, 4) is 0 Å². The summed E-state index contributed by atoms with van der Waals surface area (Å²) in [4.78, 5) is 0. The number of alkyl halides is 6. The zero-order valence-electron chi connectivity index (χ0n) is 7.85. The monoisotopic (exact) mass is 271 g/mol. The van der Waals surface area contributed by atoms with Gasteiger partial charge in [-0.25, -0.2) is 26.3 Å². The van der Waals surface area contributed by atoms with Gasteiger partial charge in [-0.1, -0.05) is 0 Å². The predicted octanol–water partition coefficient (Wildman–Crippen LogP) is 1.82. The minimum absolute atomic E-state index is 1.61. The lowest BCUT2D eigenvalue weighted by Gasteiger charge is -2.17. The molecule has 0 spiro atoms. The molecule has 3 unspecified atom stereocenters. The molecular formula is C6H9F6O3Si. The second kappa shape index (κ2) is 8.79. The van der Waals surface area contributed by atoms with Gasteiger partial charge in [0.2, 0.25) is 19.1 Å². The van der Waals surface area contributed by atoms with E-state index >= 15 is 0 Å². The summed E-state index contributed by atoms with van der Waals surface area (Å²) >= 11 is 0. The van der Waals surface area contributed by atoms with Gasteiger partial charge in [0.05, 0.1) is 0 Å². The number of hydrogen-bond donors (Lipinski definition) is 0. The van der Waals surface area contributed by atoms with Crippen molar-refractivity contribution in [1.29, 1.82) is 0 Å². The van der Waals surface area contributed by atoms with Gasteiger partial charge in [0.15, 0.2) is 0 Å². The summed E-state index contributed by atoms with van der Waals surface area (Å²) in [6.45, 7) is -4.83. The molecule has 0 saturated heterocycles. The van der Waals surface area contributed by atoms with Crippen molar-refractivity contribution >= 4 is 9.53 Å². The van der Waals surface area contributed by atoms with Crippen LogP contribution in [0.1, 0.15) is 0 Å². The maximum Gasteiger partial charge on any atom is 0.584 e. The molecule has 0 fully saturated rings. The highest BCUT2D eigenvalue weighted by Gasteiger charge is 2.31. The van der Waals surface area contributed by atoms with Crippen LogP contribution in [0.2, 0.25) is 0 Å². The fourth-order valence-electron chi connectivity index (χ4n) is 0.491. The summed E-state index contributed by atoms with van der Waals surface area (Å²) < 4.78 is 83.8. The molecule has 1 radical (unpaired) electrons. The average Bonchev–Trinajstić information content (AvgIpc) is 2.28. The van der Waals surface area contributed by atoms with E-state index in [0.717, 1.165) is 0 Å². The number of rotatable bonds is 9. The molecule has 0 rings (SSSR count). The summed E-state index contributed by atoms with van der Waals surface area (Å²) in [7, 11) is -3.42. The third-order valence-corrected chi connectivity index (χ3v) is 2.38. The Morgan fingerprint density at radius 1 is 0.688 bits per heavy atom. The normalized spacial score (nSPS) is 17.4. The number of halogens is 6. The quantitative estimate of drug-likeness (QED) is 0.473. The lowest BCUT2D eigenvalue weighted by molar-refractivity contribution is -0.0933. The Kier molecular flexibility index (Phi) is 8.61. The first kappa shape index (κ1) is 15.7. The van der Waals surface area contributed by atoms with Gasteiger partial charge >= 0.3 is 9.53 Å². The zero-order valence-corrected chi connectivity index (χ0v) is 8.85. The first-order valence-corrected chi connectivity index (χ1v) is 5.23. The van der Waals surface area contributed by atoms with Crippen molar-refractivity contribution in [3.05, 3.63) is 0 Å². The summed E-state index contributed by atoms with van der Waals surface area (Å²) in [6, 6.07) is 0. The molecule has 0 aromatic heterocycles. The highest BCUT2D eigenvalue weighted by Crippen LogP contribution is 2.09. The van der Waals surface area contributed by atoms with Gasteiger partial charge in [0.1, 0.15) is 20.0 Å². The first-order chi connectivity index (χ1) is 7.53. The lowest BCUT2D eigenvalue weighted by atomic mass is 10.8. The molecule has 0 bridgehead atoms. The zero-order chi connectivity index (χ0) is 12.6. The molecule has 0 heterocycles. The topological polar surface area (TPSA) is 27.7 Å². The molecule has 3 nitrogen and oxygen atoms in total. The van der Waals surface area contributed by atoms with Crippen LogP contribution in [0, 0.1) is 0 Å². The van der Waals surface area contributed by atoms with Crippen LogP contribution < -0.4 is 0 Å². The van der Waals surface area contributed by atoms with Crippen LogP contribution in [0.3, 0.4) is 0 Å². The Hall–Kier alpha value is -0.323. The minimum Gasteiger partial charge on any atom is -0.338 e. The van der Waals surface area contributed by atoms with E-state index in [1.165, 1.54) is 0 Å². The molecule has 0 N–H and O–H groups in total. The Bertz CT molecular complexity index is 150. The van der Waals surface area contributed by atoms with Crippen LogP contribution >= 0.6 is 0 Å². The van der Waals surface area contributed by atoms with Crippen molar-refractivity contribution in [2.45, 2.75) is 19.1 Å². The van der Waals surface area contributed by atoms with Gasteiger partial charge < -0.3 is 13.3 Å². The molecule has 0 aliphatic heterocycles. The van der Waals surface area contributed by atoms with Crippen LogP contribution in [-0.2, 0) is 13.3 Å². The molecule has 3 atom stereocenters. The predicted molar refractivity (Wildman–Crippen MR) is 41.6 cm³/mol. The molecule has 0 aromatic rings. The van der Waals surface area contributed by atoms with Crippen LogP contribution in [0.4, 0.5) is 26.3 Å². The fraction of sp³-hybridized carbons (Fsp3) is 1.00. The van der Waals surface area contributed by atoms with Crippen LogP contribution in [0.25, 0.3) is 0 Å². The van der Waals surface area contributed by atoms with E-state index in [2.05, 4.69) is 13.3 Å².